The molecule has 5 rings (SSSR count). The number of likely N-dealkylation sites (tertiary alicyclic amines) is 1. The van der Waals surface area contributed by atoms with E-state index in [9.17, 15) is 4.79 Å². The lowest BCUT2D eigenvalue weighted by Crippen LogP contribution is -2.45. The van der Waals surface area contributed by atoms with Gasteiger partial charge in [0.15, 0.2) is 0 Å². The molecule has 1 spiro atoms. The smallest absolute Gasteiger partial charge is 0.316 e. The molecule has 2 fully saturated rings. The van der Waals surface area contributed by atoms with Crippen LogP contribution in [-0.2, 0) is 11.8 Å². The van der Waals surface area contributed by atoms with Crippen LogP contribution in [0.4, 0.5) is 6.01 Å². The van der Waals surface area contributed by atoms with E-state index in [1.54, 1.807) is 4.68 Å². The Morgan fingerprint density at radius 2 is 1.96 bits per heavy atom. The fraction of sp³-hybridized carbons (Fsp3) is 0.526. The van der Waals surface area contributed by atoms with Crippen molar-refractivity contribution in [2.45, 2.75) is 38.6 Å². The van der Waals surface area contributed by atoms with Crippen LogP contribution < -0.4 is 5.32 Å². The monoisotopic (exact) mass is 381 g/mol. The standard InChI is InChI=1S/C19H23N7O2/c1-12(17(27)26-9-7-19(5-6-19)8-10-26)20-18-23-22-16(28-18)13-3-4-15-14(11-13)21-24-25(15)2/h3-4,11-12H,5-10H2,1-2H3,(H,20,23)/t12-/m0/s1. The lowest BCUT2D eigenvalue weighted by atomic mass is 9.93. The Labute approximate surface area is 162 Å². The van der Waals surface area contributed by atoms with Crippen LogP contribution in [0.25, 0.3) is 22.5 Å². The highest BCUT2D eigenvalue weighted by Crippen LogP contribution is 2.53. The van der Waals surface area contributed by atoms with Crippen molar-refractivity contribution in [3.8, 4) is 11.5 Å². The molecule has 1 saturated heterocycles. The summed E-state index contributed by atoms with van der Waals surface area (Å²) in [6.07, 6.45) is 4.91. The van der Waals surface area contributed by atoms with Gasteiger partial charge in [0.25, 0.3) is 0 Å². The average molecular weight is 381 g/mol. The minimum Gasteiger partial charge on any atom is -0.403 e. The number of aromatic nitrogens is 5. The number of aryl methyl sites for hydroxylation is 1. The molecule has 1 N–H and O–H groups in total. The molecule has 0 radical (unpaired) electrons. The molecule has 146 valence electrons. The summed E-state index contributed by atoms with van der Waals surface area (Å²) in [7, 11) is 1.84. The van der Waals surface area contributed by atoms with E-state index < -0.39 is 6.04 Å². The first-order valence-electron chi connectivity index (χ1n) is 9.72. The number of rotatable bonds is 4. The van der Waals surface area contributed by atoms with E-state index in [4.69, 9.17) is 4.42 Å². The summed E-state index contributed by atoms with van der Waals surface area (Å²) >= 11 is 0. The van der Waals surface area contributed by atoms with Crippen molar-refractivity contribution in [3.63, 3.8) is 0 Å². The zero-order chi connectivity index (χ0) is 19.3. The molecule has 28 heavy (non-hydrogen) atoms. The second-order valence-corrected chi connectivity index (χ2v) is 8.02. The number of piperidine rings is 1. The highest BCUT2D eigenvalue weighted by molar-refractivity contribution is 5.84. The minimum atomic E-state index is -0.413. The van der Waals surface area contributed by atoms with E-state index in [1.807, 2.05) is 37.1 Å². The van der Waals surface area contributed by atoms with Crippen molar-refractivity contribution in [3.05, 3.63) is 18.2 Å². The van der Waals surface area contributed by atoms with Gasteiger partial charge in [0, 0.05) is 25.7 Å². The third kappa shape index (κ3) is 3.00. The summed E-state index contributed by atoms with van der Waals surface area (Å²) < 4.78 is 7.42. The molecule has 2 aliphatic rings. The average Bonchev–Trinajstić information content (AvgIpc) is 3.12. The van der Waals surface area contributed by atoms with Gasteiger partial charge in [-0.15, -0.1) is 10.2 Å². The predicted molar refractivity (Wildman–Crippen MR) is 102 cm³/mol. The number of carbonyl (C=O) groups is 1. The van der Waals surface area contributed by atoms with Gasteiger partial charge in [0.2, 0.25) is 11.8 Å². The van der Waals surface area contributed by atoms with Crippen LogP contribution in [0.2, 0.25) is 0 Å². The second-order valence-electron chi connectivity index (χ2n) is 8.02. The normalized spacial score (nSPS) is 19.1. The molecule has 3 heterocycles. The first kappa shape index (κ1) is 17.2. The van der Waals surface area contributed by atoms with Crippen molar-refractivity contribution in [1.29, 1.82) is 0 Å². The molecule has 1 saturated carbocycles. The Hall–Kier alpha value is -2.97. The summed E-state index contributed by atoms with van der Waals surface area (Å²) in [5, 5.41) is 19.3. The number of fused-ring (bicyclic) bond motifs is 1. The number of benzene rings is 1. The molecule has 9 heteroatoms. The maximum absolute atomic E-state index is 12.7. The molecule has 1 aliphatic heterocycles. The first-order valence-corrected chi connectivity index (χ1v) is 9.72. The summed E-state index contributed by atoms with van der Waals surface area (Å²) in [4.78, 5) is 14.7. The van der Waals surface area contributed by atoms with Gasteiger partial charge >= 0.3 is 6.01 Å². The number of nitrogens with one attached hydrogen (secondary N) is 1. The van der Waals surface area contributed by atoms with E-state index >= 15 is 0 Å². The number of amides is 1. The maximum atomic E-state index is 12.7. The van der Waals surface area contributed by atoms with Crippen molar-refractivity contribution >= 4 is 23.0 Å². The number of hydrogen-bond donors (Lipinski definition) is 1. The summed E-state index contributed by atoms with van der Waals surface area (Å²) in [6.45, 7) is 3.52. The summed E-state index contributed by atoms with van der Waals surface area (Å²) in [5.41, 5.74) is 3.00. The summed E-state index contributed by atoms with van der Waals surface area (Å²) in [6, 6.07) is 5.49. The van der Waals surface area contributed by atoms with Crippen molar-refractivity contribution in [2.75, 3.05) is 18.4 Å². The van der Waals surface area contributed by atoms with Gasteiger partial charge in [0.1, 0.15) is 11.6 Å². The number of nitrogens with zero attached hydrogens (tertiary/aromatic N) is 6. The Morgan fingerprint density at radius 1 is 1.18 bits per heavy atom. The Morgan fingerprint density at radius 3 is 2.71 bits per heavy atom. The van der Waals surface area contributed by atoms with E-state index in [0.29, 0.717) is 11.3 Å². The minimum absolute atomic E-state index is 0.0798. The number of anilines is 1. The van der Waals surface area contributed by atoms with Crippen molar-refractivity contribution in [2.24, 2.45) is 12.5 Å². The van der Waals surface area contributed by atoms with Gasteiger partial charge in [-0.1, -0.05) is 10.3 Å². The van der Waals surface area contributed by atoms with Crippen LogP contribution in [0, 0.1) is 5.41 Å². The zero-order valence-electron chi connectivity index (χ0n) is 16.1. The van der Waals surface area contributed by atoms with Gasteiger partial charge in [0.05, 0.1) is 5.52 Å². The lowest BCUT2D eigenvalue weighted by molar-refractivity contribution is -0.133. The van der Waals surface area contributed by atoms with Gasteiger partial charge in [-0.3, -0.25) is 4.79 Å². The maximum Gasteiger partial charge on any atom is 0.316 e. The Bertz CT molecular complexity index is 1030. The number of carbonyl (C=O) groups excluding carboxylic acids is 1. The van der Waals surface area contributed by atoms with Crippen LogP contribution in [0.15, 0.2) is 22.6 Å². The molecule has 2 aromatic heterocycles. The van der Waals surface area contributed by atoms with Gasteiger partial charge < -0.3 is 14.6 Å². The Balaban J connectivity index is 1.25. The van der Waals surface area contributed by atoms with Crippen LogP contribution in [0.5, 0.6) is 0 Å². The molecule has 0 unspecified atom stereocenters. The Kier molecular flexibility index (Phi) is 3.85. The van der Waals surface area contributed by atoms with E-state index in [2.05, 4.69) is 25.8 Å². The van der Waals surface area contributed by atoms with Crippen molar-refractivity contribution in [1.82, 2.24) is 30.1 Å². The second kappa shape index (κ2) is 6.29. The molecular formula is C19H23N7O2. The third-order valence-corrected chi connectivity index (χ3v) is 6.09. The van der Waals surface area contributed by atoms with E-state index in [1.165, 1.54) is 12.8 Å². The number of hydrogen-bond acceptors (Lipinski definition) is 7. The first-order chi connectivity index (χ1) is 13.5. The van der Waals surface area contributed by atoms with Crippen LogP contribution in [0.3, 0.4) is 0 Å². The highest BCUT2D eigenvalue weighted by Gasteiger charge is 2.45. The van der Waals surface area contributed by atoms with Crippen LogP contribution in [0.1, 0.15) is 32.6 Å². The molecule has 1 aromatic carbocycles. The fourth-order valence-corrected chi connectivity index (χ4v) is 3.97. The molecule has 1 atom stereocenters. The third-order valence-electron chi connectivity index (χ3n) is 6.09. The van der Waals surface area contributed by atoms with Crippen LogP contribution in [-0.4, -0.2) is 55.1 Å². The topological polar surface area (TPSA) is 102 Å². The van der Waals surface area contributed by atoms with Crippen molar-refractivity contribution < 1.29 is 9.21 Å². The molecule has 9 nitrogen and oxygen atoms in total. The van der Waals surface area contributed by atoms with Gasteiger partial charge in [-0.25, -0.2) is 4.68 Å². The molecule has 1 aliphatic carbocycles. The summed E-state index contributed by atoms with van der Waals surface area (Å²) in [5.74, 6) is 0.458. The zero-order valence-corrected chi connectivity index (χ0v) is 16.1. The quantitative estimate of drug-likeness (QED) is 0.739. The van der Waals surface area contributed by atoms with Gasteiger partial charge in [-0.05, 0) is 56.2 Å². The predicted octanol–water partition coefficient (Wildman–Crippen LogP) is 2.22. The fourth-order valence-electron chi connectivity index (χ4n) is 3.97. The SMILES string of the molecule is C[C@H](Nc1nnc(-c2ccc3c(c2)nnn3C)o1)C(=O)N1CCC2(CC1)CC2. The van der Waals surface area contributed by atoms with E-state index in [-0.39, 0.29) is 11.9 Å². The lowest BCUT2D eigenvalue weighted by Gasteiger charge is -2.33. The molecule has 0 bridgehead atoms. The molecule has 3 aromatic rings. The van der Waals surface area contributed by atoms with E-state index in [0.717, 1.165) is 42.5 Å². The molecule has 1 amide bonds. The van der Waals surface area contributed by atoms with Gasteiger partial charge in [-0.2, -0.15) is 0 Å². The molecular weight excluding hydrogens is 358 g/mol. The largest absolute Gasteiger partial charge is 0.403 e. The highest BCUT2D eigenvalue weighted by atomic mass is 16.4. The van der Waals surface area contributed by atoms with Crippen LogP contribution >= 0.6 is 0 Å².